The summed E-state index contributed by atoms with van der Waals surface area (Å²) >= 11 is 1.85. The van der Waals surface area contributed by atoms with Crippen molar-refractivity contribution in [3.05, 3.63) is 10.6 Å². The second-order valence-corrected chi connectivity index (χ2v) is 8.36. The highest BCUT2D eigenvalue weighted by Crippen LogP contribution is 2.44. The maximum Gasteiger partial charge on any atom is 0.185 e. The molecule has 0 radical (unpaired) electrons. The van der Waals surface area contributed by atoms with Crippen molar-refractivity contribution in [3.63, 3.8) is 0 Å². The summed E-state index contributed by atoms with van der Waals surface area (Å²) in [5.41, 5.74) is 7.94. The summed E-state index contributed by atoms with van der Waals surface area (Å²) in [6.07, 6.45) is 6.15. The number of fused-ring (bicyclic) bond motifs is 1. The average molecular weight is 293 g/mol. The molecule has 0 saturated heterocycles. The van der Waals surface area contributed by atoms with Gasteiger partial charge in [0.05, 0.1) is 5.69 Å². The Morgan fingerprint density at radius 1 is 1.40 bits per heavy atom. The van der Waals surface area contributed by atoms with Gasteiger partial charge in [0.25, 0.3) is 0 Å². The van der Waals surface area contributed by atoms with E-state index in [2.05, 4.69) is 25.7 Å². The molecule has 20 heavy (non-hydrogen) atoms. The van der Waals surface area contributed by atoms with Crippen molar-refractivity contribution in [1.82, 2.24) is 4.98 Å². The molecule has 0 bridgehead atoms. The van der Waals surface area contributed by atoms with Gasteiger partial charge in [-0.3, -0.25) is 0 Å². The third kappa shape index (κ3) is 3.01. The number of rotatable bonds is 5. The Kier molecular flexibility index (Phi) is 3.80. The zero-order valence-corrected chi connectivity index (χ0v) is 13.8. The molecule has 1 atom stereocenters. The quantitative estimate of drug-likeness (QED) is 0.899. The number of hydrogen-bond acceptors (Lipinski definition) is 4. The second kappa shape index (κ2) is 5.30. The Hall–Kier alpha value is -0.610. The van der Waals surface area contributed by atoms with Gasteiger partial charge in [-0.05, 0) is 43.4 Å². The third-order valence-electron chi connectivity index (χ3n) is 4.41. The summed E-state index contributed by atoms with van der Waals surface area (Å²) in [7, 11) is 0. The van der Waals surface area contributed by atoms with Crippen LogP contribution in [0.4, 0.5) is 5.13 Å². The molecule has 4 heteroatoms. The van der Waals surface area contributed by atoms with Crippen molar-refractivity contribution in [2.24, 2.45) is 17.1 Å². The topological polar surface area (TPSA) is 42.2 Å². The first kappa shape index (κ1) is 14.3. The highest BCUT2D eigenvalue weighted by atomic mass is 32.1. The first-order valence-corrected chi connectivity index (χ1v) is 8.80. The number of hydrogen-bond donors (Lipinski definition) is 1. The van der Waals surface area contributed by atoms with Gasteiger partial charge in [-0.1, -0.05) is 32.1 Å². The van der Waals surface area contributed by atoms with E-state index in [1.807, 2.05) is 11.3 Å². The number of nitrogens with two attached hydrogens (primary N) is 1. The summed E-state index contributed by atoms with van der Waals surface area (Å²) in [5, 5.41) is 1.22. The Morgan fingerprint density at radius 2 is 2.15 bits per heavy atom. The highest BCUT2D eigenvalue weighted by molar-refractivity contribution is 7.15. The van der Waals surface area contributed by atoms with E-state index in [9.17, 15) is 0 Å². The van der Waals surface area contributed by atoms with E-state index in [0.29, 0.717) is 5.41 Å². The van der Waals surface area contributed by atoms with Crippen LogP contribution < -0.4 is 10.6 Å². The lowest BCUT2D eigenvalue weighted by Crippen LogP contribution is -2.29. The van der Waals surface area contributed by atoms with Gasteiger partial charge in [-0.15, -0.1) is 0 Å². The standard InChI is InChI=1S/C16H27N3S/c1-4-7-19(10-11-5-6-11)15-18-13-9-16(2,3)8-12(17)14(13)20-15/h11-12H,4-10,17H2,1-3H3. The van der Waals surface area contributed by atoms with Crippen LogP contribution in [0, 0.1) is 11.3 Å². The van der Waals surface area contributed by atoms with Gasteiger partial charge in [-0.25, -0.2) is 4.98 Å². The molecule has 1 heterocycles. The molecule has 3 nitrogen and oxygen atoms in total. The van der Waals surface area contributed by atoms with Gasteiger partial charge in [0.1, 0.15) is 0 Å². The van der Waals surface area contributed by atoms with E-state index in [0.717, 1.165) is 25.3 Å². The summed E-state index contributed by atoms with van der Waals surface area (Å²) in [6.45, 7) is 9.19. The Balaban J connectivity index is 1.83. The van der Waals surface area contributed by atoms with Gasteiger partial charge >= 0.3 is 0 Å². The largest absolute Gasteiger partial charge is 0.348 e. The molecule has 3 rings (SSSR count). The molecule has 0 spiro atoms. The maximum atomic E-state index is 6.37. The number of thiazole rings is 1. The van der Waals surface area contributed by atoms with E-state index in [4.69, 9.17) is 10.7 Å². The predicted molar refractivity (Wildman–Crippen MR) is 86.4 cm³/mol. The maximum absolute atomic E-state index is 6.37. The summed E-state index contributed by atoms with van der Waals surface area (Å²) in [4.78, 5) is 8.81. The van der Waals surface area contributed by atoms with Crippen molar-refractivity contribution < 1.29 is 0 Å². The van der Waals surface area contributed by atoms with E-state index in [1.54, 1.807) is 0 Å². The molecule has 1 saturated carbocycles. The SMILES string of the molecule is CCCN(CC1CC1)c1nc2c(s1)C(N)CC(C)(C)C2. The fourth-order valence-electron chi connectivity index (χ4n) is 3.26. The van der Waals surface area contributed by atoms with Crippen molar-refractivity contribution in [1.29, 1.82) is 0 Å². The Morgan fingerprint density at radius 3 is 2.80 bits per heavy atom. The lowest BCUT2D eigenvalue weighted by molar-refractivity contribution is 0.282. The van der Waals surface area contributed by atoms with E-state index in [-0.39, 0.29) is 6.04 Å². The van der Waals surface area contributed by atoms with E-state index in [1.165, 1.54) is 41.5 Å². The molecule has 1 aromatic heterocycles. The zero-order valence-electron chi connectivity index (χ0n) is 13.0. The molecule has 1 fully saturated rings. The molecule has 0 amide bonds. The highest BCUT2D eigenvalue weighted by Gasteiger charge is 2.34. The second-order valence-electron chi connectivity index (χ2n) is 7.35. The van der Waals surface area contributed by atoms with Crippen molar-refractivity contribution in [2.75, 3.05) is 18.0 Å². The van der Waals surface area contributed by atoms with Gasteiger partial charge in [0, 0.05) is 24.0 Å². The van der Waals surface area contributed by atoms with Crippen LogP contribution >= 0.6 is 11.3 Å². The minimum atomic E-state index is 0.185. The molecular formula is C16H27N3S. The molecule has 2 N–H and O–H groups in total. The average Bonchev–Trinajstić information content (AvgIpc) is 3.05. The monoisotopic (exact) mass is 293 g/mol. The van der Waals surface area contributed by atoms with Crippen LogP contribution in [0.25, 0.3) is 0 Å². The van der Waals surface area contributed by atoms with Crippen LogP contribution in [0.15, 0.2) is 0 Å². The Labute approximate surface area is 126 Å². The third-order valence-corrected chi connectivity index (χ3v) is 5.70. The summed E-state index contributed by atoms with van der Waals surface area (Å²) in [6, 6.07) is 0.185. The normalized spacial score (nSPS) is 24.5. The molecule has 112 valence electrons. The van der Waals surface area contributed by atoms with Crippen molar-refractivity contribution in [3.8, 4) is 0 Å². The summed E-state index contributed by atoms with van der Waals surface area (Å²) < 4.78 is 0. The van der Waals surface area contributed by atoms with Crippen molar-refractivity contribution >= 4 is 16.5 Å². The minimum absolute atomic E-state index is 0.185. The van der Waals surface area contributed by atoms with Crippen LogP contribution in [-0.4, -0.2) is 18.1 Å². The van der Waals surface area contributed by atoms with Crippen molar-refractivity contribution in [2.45, 2.75) is 58.9 Å². The number of nitrogens with zero attached hydrogens (tertiary/aromatic N) is 2. The zero-order chi connectivity index (χ0) is 14.3. The molecule has 0 aliphatic heterocycles. The smallest absolute Gasteiger partial charge is 0.185 e. The van der Waals surface area contributed by atoms with Crippen LogP contribution in [0.1, 0.15) is 63.1 Å². The molecule has 2 aliphatic rings. The molecular weight excluding hydrogens is 266 g/mol. The number of anilines is 1. The molecule has 1 unspecified atom stereocenters. The first-order valence-electron chi connectivity index (χ1n) is 7.98. The molecule has 0 aromatic carbocycles. The van der Waals surface area contributed by atoms with Crippen LogP contribution in [0.3, 0.4) is 0 Å². The lowest BCUT2D eigenvalue weighted by Gasteiger charge is -2.32. The Bertz CT molecular complexity index is 476. The fourth-order valence-corrected chi connectivity index (χ4v) is 4.38. The van der Waals surface area contributed by atoms with E-state index >= 15 is 0 Å². The first-order chi connectivity index (χ1) is 9.48. The van der Waals surface area contributed by atoms with Gasteiger partial charge < -0.3 is 10.6 Å². The van der Waals surface area contributed by atoms with Crippen LogP contribution in [0.5, 0.6) is 0 Å². The predicted octanol–water partition coefficient (Wildman–Crippen LogP) is 3.74. The van der Waals surface area contributed by atoms with Crippen LogP contribution in [0.2, 0.25) is 0 Å². The molecule has 2 aliphatic carbocycles. The van der Waals surface area contributed by atoms with E-state index < -0.39 is 0 Å². The minimum Gasteiger partial charge on any atom is -0.348 e. The van der Waals surface area contributed by atoms with Gasteiger partial charge in [-0.2, -0.15) is 0 Å². The van der Waals surface area contributed by atoms with Crippen LogP contribution in [-0.2, 0) is 6.42 Å². The number of aromatic nitrogens is 1. The van der Waals surface area contributed by atoms with Gasteiger partial charge in [0.2, 0.25) is 0 Å². The summed E-state index contributed by atoms with van der Waals surface area (Å²) in [5.74, 6) is 0.910. The molecule has 1 aromatic rings. The van der Waals surface area contributed by atoms with Gasteiger partial charge in [0.15, 0.2) is 5.13 Å². The fraction of sp³-hybridized carbons (Fsp3) is 0.812. The lowest BCUT2D eigenvalue weighted by atomic mass is 9.77.